The maximum atomic E-state index is 12.1. The Balaban J connectivity index is 3.25. The lowest BCUT2D eigenvalue weighted by Gasteiger charge is -2.14. The Morgan fingerprint density at radius 2 is 2.10 bits per heavy atom. The third kappa shape index (κ3) is 4.19. The number of hydrogen-bond donors (Lipinski definition) is 3. The second-order valence-corrected chi connectivity index (χ2v) is 5.93. The minimum Gasteiger partial charge on any atom is -0.497 e. The van der Waals surface area contributed by atoms with Crippen molar-refractivity contribution in [1.29, 1.82) is 0 Å². The SMILES string of the molecule is COc1ccc(S(=O)(=O)N[C@H](C)CO)c(CC(=O)O)c1. The van der Waals surface area contributed by atoms with Crippen LogP contribution in [-0.4, -0.2) is 44.4 Å². The van der Waals surface area contributed by atoms with Crippen LogP contribution in [0.3, 0.4) is 0 Å². The molecule has 0 aliphatic carbocycles. The summed E-state index contributed by atoms with van der Waals surface area (Å²) in [6.45, 7) is 1.14. The number of ether oxygens (including phenoxy) is 1. The van der Waals surface area contributed by atoms with Gasteiger partial charge in [0.15, 0.2) is 0 Å². The molecule has 0 heterocycles. The zero-order valence-corrected chi connectivity index (χ0v) is 12.0. The molecule has 1 rings (SSSR count). The van der Waals surface area contributed by atoms with Gasteiger partial charge in [-0.05, 0) is 30.7 Å². The molecule has 8 heteroatoms. The molecule has 0 fully saturated rings. The number of carboxylic acids is 1. The number of aliphatic hydroxyl groups is 1. The highest BCUT2D eigenvalue weighted by Gasteiger charge is 2.22. The lowest BCUT2D eigenvalue weighted by molar-refractivity contribution is -0.136. The Bertz CT molecular complexity index is 584. The number of carboxylic acid groups (broad SMARTS) is 1. The zero-order valence-electron chi connectivity index (χ0n) is 11.2. The van der Waals surface area contributed by atoms with Gasteiger partial charge in [0.05, 0.1) is 25.0 Å². The van der Waals surface area contributed by atoms with E-state index in [1.165, 1.54) is 32.2 Å². The molecule has 1 atom stereocenters. The van der Waals surface area contributed by atoms with Crippen LogP contribution >= 0.6 is 0 Å². The first-order valence-corrected chi connectivity index (χ1v) is 7.30. The van der Waals surface area contributed by atoms with Gasteiger partial charge in [-0.1, -0.05) is 0 Å². The number of aliphatic carboxylic acids is 1. The number of benzene rings is 1. The molecule has 7 nitrogen and oxygen atoms in total. The van der Waals surface area contributed by atoms with E-state index in [4.69, 9.17) is 14.9 Å². The van der Waals surface area contributed by atoms with Crippen LogP contribution in [0.15, 0.2) is 23.1 Å². The van der Waals surface area contributed by atoms with Gasteiger partial charge < -0.3 is 14.9 Å². The van der Waals surface area contributed by atoms with E-state index in [0.29, 0.717) is 5.75 Å². The van der Waals surface area contributed by atoms with Gasteiger partial charge in [0.1, 0.15) is 5.75 Å². The second kappa shape index (κ2) is 6.69. The molecule has 0 amide bonds. The van der Waals surface area contributed by atoms with E-state index in [0.717, 1.165) is 0 Å². The van der Waals surface area contributed by atoms with Crippen LogP contribution in [0.2, 0.25) is 0 Å². The fourth-order valence-corrected chi connectivity index (χ4v) is 3.07. The van der Waals surface area contributed by atoms with Crippen LogP contribution in [0.1, 0.15) is 12.5 Å². The summed E-state index contributed by atoms with van der Waals surface area (Å²) < 4.78 is 31.5. The fourth-order valence-electron chi connectivity index (χ4n) is 1.61. The van der Waals surface area contributed by atoms with Crippen LogP contribution in [0, 0.1) is 0 Å². The molecule has 0 bridgehead atoms. The van der Waals surface area contributed by atoms with E-state index in [2.05, 4.69) is 4.72 Å². The van der Waals surface area contributed by atoms with Gasteiger partial charge in [0, 0.05) is 6.04 Å². The van der Waals surface area contributed by atoms with Gasteiger partial charge in [-0.2, -0.15) is 0 Å². The summed E-state index contributed by atoms with van der Waals surface area (Å²) in [6, 6.07) is 3.42. The summed E-state index contributed by atoms with van der Waals surface area (Å²) in [4.78, 5) is 10.7. The van der Waals surface area contributed by atoms with Crippen molar-refractivity contribution in [2.24, 2.45) is 0 Å². The van der Waals surface area contributed by atoms with Crippen molar-refractivity contribution in [3.05, 3.63) is 23.8 Å². The van der Waals surface area contributed by atoms with Crippen LogP contribution in [0.25, 0.3) is 0 Å². The van der Waals surface area contributed by atoms with Crippen molar-refractivity contribution in [3.63, 3.8) is 0 Å². The van der Waals surface area contributed by atoms with Crippen LogP contribution < -0.4 is 9.46 Å². The van der Waals surface area contributed by atoms with Crippen LogP contribution in [0.4, 0.5) is 0 Å². The first kappa shape index (κ1) is 16.4. The summed E-state index contributed by atoms with van der Waals surface area (Å²) >= 11 is 0. The number of nitrogens with one attached hydrogen (secondary N) is 1. The molecule has 1 aromatic rings. The summed E-state index contributed by atoms with van der Waals surface area (Å²) in [7, 11) is -2.50. The number of methoxy groups -OCH3 is 1. The minimum atomic E-state index is -3.90. The Kier molecular flexibility index (Phi) is 5.49. The molecule has 3 N–H and O–H groups in total. The summed E-state index contributed by atoms with van der Waals surface area (Å²) in [5, 5.41) is 17.8. The highest BCUT2D eigenvalue weighted by molar-refractivity contribution is 7.89. The van der Waals surface area contributed by atoms with Crippen LogP contribution in [0.5, 0.6) is 5.75 Å². The molecular weight excluding hydrogens is 286 g/mol. The summed E-state index contributed by atoms with van der Waals surface area (Å²) in [6.07, 6.45) is -0.444. The molecule has 0 spiro atoms. The molecule has 112 valence electrons. The molecule has 20 heavy (non-hydrogen) atoms. The quantitative estimate of drug-likeness (QED) is 0.652. The number of aliphatic hydroxyl groups excluding tert-OH is 1. The lowest BCUT2D eigenvalue weighted by Crippen LogP contribution is -2.35. The minimum absolute atomic E-state index is 0.120. The molecule has 0 radical (unpaired) electrons. The van der Waals surface area contributed by atoms with Crippen molar-refractivity contribution < 1.29 is 28.2 Å². The predicted octanol–water partition coefficient (Wildman–Crippen LogP) is -0.0186. The average molecular weight is 303 g/mol. The number of hydrogen-bond acceptors (Lipinski definition) is 5. The maximum absolute atomic E-state index is 12.1. The van der Waals surface area contributed by atoms with Gasteiger partial charge in [-0.15, -0.1) is 0 Å². The standard InChI is InChI=1S/C12H17NO6S/c1-8(7-14)13-20(17,18)11-4-3-10(19-2)5-9(11)6-12(15)16/h3-5,8,13-14H,6-7H2,1-2H3,(H,15,16)/t8-/m1/s1. The first-order valence-electron chi connectivity index (χ1n) is 5.82. The van der Waals surface area contributed by atoms with Gasteiger partial charge in [0.2, 0.25) is 10.0 Å². The number of carbonyl (C=O) groups is 1. The fraction of sp³-hybridized carbons (Fsp3) is 0.417. The molecule has 0 saturated heterocycles. The molecule has 0 aromatic heterocycles. The molecule has 0 unspecified atom stereocenters. The molecule has 0 aliphatic heterocycles. The van der Waals surface area contributed by atoms with E-state index >= 15 is 0 Å². The van der Waals surface area contributed by atoms with Crippen molar-refractivity contribution in [3.8, 4) is 5.75 Å². The third-order valence-electron chi connectivity index (χ3n) is 2.53. The first-order chi connectivity index (χ1) is 9.30. The summed E-state index contributed by atoms with van der Waals surface area (Å²) in [5.41, 5.74) is 0.120. The van der Waals surface area contributed by atoms with E-state index in [9.17, 15) is 13.2 Å². The highest BCUT2D eigenvalue weighted by Crippen LogP contribution is 2.22. The Morgan fingerprint density at radius 3 is 2.60 bits per heavy atom. The topological polar surface area (TPSA) is 113 Å². The van der Waals surface area contributed by atoms with Crippen molar-refractivity contribution >= 4 is 16.0 Å². The molecule has 0 saturated carbocycles. The van der Waals surface area contributed by atoms with E-state index < -0.39 is 28.5 Å². The third-order valence-corrected chi connectivity index (χ3v) is 4.22. The van der Waals surface area contributed by atoms with Crippen molar-refractivity contribution in [1.82, 2.24) is 4.72 Å². The Hall–Kier alpha value is -1.64. The van der Waals surface area contributed by atoms with Gasteiger partial charge in [-0.25, -0.2) is 13.1 Å². The van der Waals surface area contributed by atoms with E-state index in [1.807, 2.05) is 0 Å². The Labute approximate surface area is 117 Å². The largest absolute Gasteiger partial charge is 0.497 e. The number of sulfonamides is 1. The van der Waals surface area contributed by atoms with Gasteiger partial charge >= 0.3 is 5.97 Å². The lowest BCUT2D eigenvalue weighted by atomic mass is 10.1. The van der Waals surface area contributed by atoms with Gasteiger partial charge in [-0.3, -0.25) is 4.79 Å². The van der Waals surface area contributed by atoms with Crippen LogP contribution in [-0.2, 0) is 21.2 Å². The van der Waals surface area contributed by atoms with E-state index in [1.54, 1.807) is 0 Å². The summed E-state index contributed by atoms with van der Waals surface area (Å²) in [5.74, 6) is -0.777. The molecular formula is C12H17NO6S. The second-order valence-electron chi connectivity index (χ2n) is 4.25. The monoisotopic (exact) mass is 303 g/mol. The predicted molar refractivity (Wildman–Crippen MR) is 71.2 cm³/mol. The van der Waals surface area contributed by atoms with Gasteiger partial charge in [0.25, 0.3) is 0 Å². The molecule has 1 aromatic carbocycles. The van der Waals surface area contributed by atoms with Crippen molar-refractivity contribution in [2.45, 2.75) is 24.3 Å². The normalized spacial score (nSPS) is 12.9. The number of rotatable bonds is 7. The highest BCUT2D eigenvalue weighted by atomic mass is 32.2. The van der Waals surface area contributed by atoms with Crippen molar-refractivity contribution in [2.75, 3.05) is 13.7 Å². The zero-order chi connectivity index (χ0) is 15.3. The van der Waals surface area contributed by atoms with E-state index in [-0.39, 0.29) is 17.1 Å². The Morgan fingerprint density at radius 1 is 1.45 bits per heavy atom. The average Bonchev–Trinajstić information content (AvgIpc) is 2.36. The maximum Gasteiger partial charge on any atom is 0.307 e. The smallest absolute Gasteiger partial charge is 0.307 e. The molecule has 0 aliphatic rings.